The van der Waals surface area contributed by atoms with Gasteiger partial charge in [0.25, 0.3) is 0 Å². The van der Waals surface area contributed by atoms with Gasteiger partial charge in [0.05, 0.1) is 0 Å². The summed E-state index contributed by atoms with van der Waals surface area (Å²) in [4.78, 5) is 25.7. The van der Waals surface area contributed by atoms with Crippen molar-refractivity contribution in [2.45, 2.75) is 124 Å². The van der Waals surface area contributed by atoms with Crippen LogP contribution in [0.2, 0.25) is 0 Å². The SMILES string of the molecule is CCCCCCCCCc1ccccc1OC(=O)Nc1ccc(C)c(NC(=O)Oc2ccccc2CCCCCCCCC)c1. The quantitative estimate of drug-likeness (QED) is 0.124. The second kappa shape index (κ2) is 21.0. The zero-order valence-electron chi connectivity index (χ0n) is 27.8. The maximum atomic E-state index is 12.9. The number of hydrogen-bond acceptors (Lipinski definition) is 4. The van der Waals surface area contributed by atoms with Crippen LogP contribution in [0, 0.1) is 6.92 Å². The Hall–Kier alpha value is -3.80. The summed E-state index contributed by atoms with van der Waals surface area (Å²) in [6.07, 6.45) is 17.9. The van der Waals surface area contributed by atoms with Crippen molar-refractivity contribution in [3.63, 3.8) is 0 Å². The van der Waals surface area contributed by atoms with Crippen molar-refractivity contribution in [3.8, 4) is 11.5 Å². The number of benzene rings is 3. The minimum atomic E-state index is -0.571. The molecule has 0 aliphatic carbocycles. The molecule has 244 valence electrons. The summed E-state index contributed by atoms with van der Waals surface area (Å²) >= 11 is 0. The average Bonchev–Trinajstić information content (AvgIpc) is 3.03. The summed E-state index contributed by atoms with van der Waals surface area (Å²) in [6.45, 7) is 6.36. The second-order valence-corrected chi connectivity index (χ2v) is 12.0. The summed E-state index contributed by atoms with van der Waals surface area (Å²) < 4.78 is 11.4. The molecule has 0 aromatic heterocycles. The molecular formula is C39H54N2O4. The molecule has 3 aromatic rings. The molecule has 0 radical (unpaired) electrons. The molecule has 0 atom stereocenters. The van der Waals surface area contributed by atoms with Crippen LogP contribution in [0.1, 0.15) is 120 Å². The molecular weight excluding hydrogens is 560 g/mol. The first kappa shape index (κ1) is 35.7. The van der Waals surface area contributed by atoms with Crippen LogP contribution in [0.5, 0.6) is 11.5 Å². The van der Waals surface area contributed by atoms with Gasteiger partial charge in [0.15, 0.2) is 0 Å². The van der Waals surface area contributed by atoms with Crippen LogP contribution in [0.4, 0.5) is 21.0 Å². The first-order valence-corrected chi connectivity index (χ1v) is 17.2. The normalized spacial score (nSPS) is 10.8. The van der Waals surface area contributed by atoms with Gasteiger partial charge >= 0.3 is 12.2 Å². The van der Waals surface area contributed by atoms with Crippen molar-refractivity contribution >= 4 is 23.6 Å². The fourth-order valence-corrected chi connectivity index (χ4v) is 5.48. The van der Waals surface area contributed by atoms with Crippen molar-refractivity contribution in [1.82, 2.24) is 0 Å². The molecule has 0 aliphatic rings. The van der Waals surface area contributed by atoms with Gasteiger partial charge in [-0.2, -0.15) is 0 Å². The van der Waals surface area contributed by atoms with Crippen molar-refractivity contribution in [2.24, 2.45) is 0 Å². The van der Waals surface area contributed by atoms with E-state index in [2.05, 4.69) is 24.5 Å². The number of para-hydroxylation sites is 2. The fraction of sp³-hybridized carbons (Fsp3) is 0.487. The molecule has 0 spiro atoms. The molecule has 0 bridgehead atoms. The molecule has 2 amide bonds. The highest BCUT2D eigenvalue weighted by Gasteiger charge is 2.13. The zero-order valence-corrected chi connectivity index (χ0v) is 27.8. The number of unbranched alkanes of at least 4 members (excludes halogenated alkanes) is 12. The van der Waals surface area contributed by atoms with Gasteiger partial charge in [-0.05, 0) is 73.6 Å². The molecule has 3 aromatic carbocycles. The van der Waals surface area contributed by atoms with Crippen molar-refractivity contribution < 1.29 is 19.1 Å². The molecule has 45 heavy (non-hydrogen) atoms. The Morgan fingerprint density at radius 1 is 0.556 bits per heavy atom. The Morgan fingerprint density at radius 3 is 1.51 bits per heavy atom. The standard InChI is InChI=1S/C39H54N2O4/c1-4-6-8-10-12-14-16-22-32-24-18-20-26-36(32)44-38(42)40-34-29-28-31(3)35(30-34)41-39(43)45-37-27-21-19-25-33(37)23-17-15-13-11-9-7-5-2/h18-21,24-30H,4-17,22-23H2,1-3H3,(H,40,42)(H,41,43). The van der Waals surface area contributed by atoms with Gasteiger partial charge in [0.2, 0.25) is 0 Å². The topological polar surface area (TPSA) is 76.7 Å². The van der Waals surface area contributed by atoms with Crippen molar-refractivity contribution in [3.05, 3.63) is 83.4 Å². The predicted octanol–water partition coefficient (Wildman–Crippen LogP) is 11.8. The summed E-state index contributed by atoms with van der Waals surface area (Å²) in [5, 5.41) is 5.65. The molecule has 0 aliphatic heterocycles. The van der Waals surface area contributed by atoms with E-state index < -0.39 is 12.2 Å². The third kappa shape index (κ3) is 13.8. The minimum Gasteiger partial charge on any atom is -0.410 e. The van der Waals surface area contributed by atoms with Gasteiger partial charge in [0, 0.05) is 11.4 Å². The minimum absolute atomic E-state index is 0.518. The predicted molar refractivity (Wildman–Crippen MR) is 187 cm³/mol. The van der Waals surface area contributed by atoms with Crippen LogP contribution in [0.15, 0.2) is 66.7 Å². The Morgan fingerprint density at radius 2 is 1.00 bits per heavy atom. The summed E-state index contributed by atoms with van der Waals surface area (Å²) in [5.74, 6) is 1.15. The smallest absolute Gasteiger partial charge is 0.410 e. The summed E-state index contributed by atoms with van der Waals surface area (Å²) in [6, 6.07) is 20.8. The maximum Gasteiger partial charge on any atom is 0.417 e. The van der Waals surface area contributed by atoms with E-state index in [9.17, 15) is 9.59 Å². The van der Waals surface area contributed by atoms with E-state index >= 15 is 0 Å². The van der Waals surface area contributed by atoms with Crippen LogP contribution in [-0.2, 0) is 12.8 Å². The lowest BCUT2D eigenvalue weighted by molar-refractivity contribution is 0.214. The molecule has 6 heteroatoms. The number of nitrogens with one attached hydrogen (secondary N) is 2. The number of rotatable bonds is 20. The Labute approximate surface area is 271 Å². The van der Waals surface area contributed by atoms with E-state index in [0.29, 0.717) is 22.9 Å². The maximum absolute atomic E-state index is 12.9. The monoisotopic (exact) mass is 614 g/mol. The third-order valence-corrected chi connectivity index (χ3v) is 8.17. The molecule has 0 saturated carbocycles. The number of amides is 2. The van der Waals surface area contributed by atoms with Gasteiger partial charge < -0.3 is 9.47 Å². The largest absolute Gasteiger partial charge is 0.417 e. The molecule has 0 unspecified atom stereocenters. The third-order valence-electron chi connectivity index (χ3n) is 8.17. The molecule has 0 heterocycles. The highest BCUT2D eigenvalue weighted by atomic mass is 16.6. The van der Waals surface area contributed by atoms with E-state index in [-0.39, 0.29) is 0 Å². The Bertz CT molecular complexity index is 1310. The van der Waals surface area contributed by atoms with Crippen LogP contribution in [0.25, 0.3) is 0 Å². The lowest BCUT2D eigenvalue weighted by Crippen LogP contribution is -2.19. The highest BCUT2D eigenvalue weighted by Crippen LogP contribution is 2.25. The van der Waals surface area contributed by atoms with Crippen LogP contribution in [0.3, 0.4) is 0 Å². The number of carbonyl (C=O) groups excluding carboxylic acids is 2. The fourth-order valence-electron chi connectivity index (χ4n) is 5.48. The van der Waals surface area contributed by atoms with E-state index in [1.54, 1.807) is 12.1 Å². The van der Waals surface area contributed by atoms with Crippen LogP contribution in [-0.4, -0.2) is 12.2 Å². The van der Waals surface area contributed by atoms with E-state index in [1.165, 1.54) is 77.0 Å². The highest BCUT2D eigenvalue weighted by molar-refractivity contribution is 5.91. The van der Waals surface area contributed by atoms with E-state index in [1.807, 2.05) is 61.5 Å². The Balaban J connectivity index is 1.50. The van der Waals surface area contributed by atoms with Crippen LogP contribution >= 0.6 is 0 Å². The number of carbonyl (C=O) groups is 2. The first-order chi connectivity index (χ1) is 22.0. The van der Waals surface area contributed by atoms with Gasteiger partial charge in [-0.15, -0.1) is 0 Å². The van der Waals surface area contributed by atoms with E-state index in [0.717, 1.165) is 42.4 Å². The zero-order chi connectivity index (χ0) is 32.1. The number of aryl methyl sites for hydroxylation is 3. The van der Waals surface area contributed by atoms with Crippen molar-refractivity contribution in [2.75, 3.05) is 10.6 Å². The molecule has 0 fully saturated rings. The lowest BCUT2D eigenvalue weighted by atomic mass is 10.0. The molecule has 3 rings (SSSR count). The Kier molecular flexibility index (Phi) is 16.7. The first-order valence-electron chi connectivity index (χ1n) is 17.2. The molecule has 2 N–H and O–H groups in total. The lowest BCUT2D eigenvalue weighted by Gasteiger charge is -2.14. The summed E-state index contributed by atoms with van der Waals surface area (Å²) in [5.41, 5.74) is 3.99. The van der Waals surface area contributed by atoms with Crippen LogP contribution < -0.4 is 20.1 Å². The number of hydrogen-bond donors (Lipinski definition) is 2. The second-order valence-electron chi connectivity index (χ2n) is 12.0. The van der Waals surface area contributed by atoms with Gasteiger partial charge in [-0.1, -0.05) is 133 Å². The summed E-state index contributed by atoms with van der Waals surface area (Å²) in [7, 11) is 0. The van der Waals surface area contributed by atoms with Gasteiger partial charge in [-0.3, -0.25) is 10.6 Å². The van der Waals surface area contributed by atoms with Gasteiger partial charge in [0.1, 0.15) is 11.5 Å². The number of ether oxygens (including phenoxy) is 2. The average molecular weight is 615 g/mol. The number of anilines is 2. The van der Waals surface area contributed by atoms with Gasteiger partial charge in [-0.25, -0.2) is 9.59 Å². The van der Waals surface area contributed by atoms with E-state index in [4.69, 9.17) is 9.47 Å². The molecule has 6 nitrogen and oxygen atoms in total. The molecule has 0 saturated heterocycles. The van der Waals surface area contributed by atoms with Crippen molar-refractivity contribution in [1.29, 1.82) is 0 Å².